The van der Waals surface area contributed by atoms with Crippen LogP contribution in [-0.2, 0) is 0 Å². The molecule has 3 aromatic rings. The van der Waals surface area contributed by atoms with Gasteiger partial charge in [-0.1, -0.05) is 24.3 Å². The second-order valence-corrected chi connectivity index (χ2v) is 5.97. The Hall–Kier alpha value is -3.34. The first-order valence-electron chi connectivity index (χ1n) is 8.58. The molecule has 3 rings (SSSR count). The molecule has 0 fully saturated rings. The summed E-state index contributed by atoms with van der Waals surface area (Å²) in [6.45, 7) is 0.716. The van der Waals surface area contributed by atoms with E-state index in [0.29, 0.717) is 36.0 Å². The third-order valence-corrected chi connectivity index (χ3v) is 3.92. The number of hydrogen-bond acceptors (Lipinski definition) is 3. The van der Waals surface area contributed by atoms with Crippen molar-refractivity contribution in [2.24, 2.45) is 0 Å². The lowest BCUT2D eigenvalue weighted by Crippen LogP contribution is -2.30. The third-order valence-electron chi connectivity index (χ3n) is 3.92. The van der Waals surface area contributed by atoms with Crippen molar-refractivity contribution < 1.29 is 18.7 Å². The first kappa shape index (κ1) is 18.5. The van der Waals surface area contributed by atoms with Gasteiger partial charge >= 0.3 is 0 Å². The zero-order valence-corrected chi connectivity index (χ0v) is 15.0. The Morgan fingerprint density at radius 3 is 2.33 bits per heavy atom. The van der Waals surface area contributed by atoms with Crippen LogP contribution in [0.2, 0.25) is 0 Å². The van der Waals surface area contributed by atoms with Crippen LogP contribution >= 0.6 is 0 Å². The maximum Gasteiger partial charge on any atom is 0.253 e. The van der Waals surface area contributed by atoms with Gasteiger partial charge in [0.25, 0.3) is 5.91 Å². The molecule has 1 amide bonds. The second kappa shape index (κ2) is 8.85. The number of nitrogens with zero attached hydrogens (tertiary/aromatic N) is 1. The molecule has 5 heteroatoms. The van der Waals surface area contributed by atoms with Gasteiger partial charge < -0.3 is 14.4 Å². The lowest BCUT2D eigenvalue weighted by molar-refractivity contribution is 0.0773. The molecule has 0 bridgehead atoms. The minimum absolute atomic E-state index is 0.129. The number of likely N-dealkylation sites (N-methyl/N-ethyl adjacent to an activating group) is 1. The minimum Gasteiger partial charge on any atom is -0.492 e. The Morgan fingerprint density at radius 1 is 0.889 bits per heavy atom. The molecule has 0 aliphatic carbocycles. The molecule has 3 aromatic carbocycles. The Labute approximate surface area is 157 Å². The number of halogens is 1. The van der Waals surface area contributed by atoms with Gasteiger partial charge in [-0.15, -0.1) is 0 Å². The number of benzene rings is 3. The van der Waals surface area contributed by atoms with Gasteiger partial charge in [-0.2, -0.15) is 0 Å². The Bertz CT molecular complexity index is 882. The molecular formula is C22H20FNO3. The first-order chi connectivity index (χ1) is 13.1. The fraction of sp³-hybridized carbons (Fsp3) is 0.136. The highest BCUT2D eigenvalue weighted by molar-refractivity contribution is 5.94. The predicted molar refractivity (Wildman–Crippen MR) is 102 cm³/mol. The van der Waals surface area contributed by atoms with E-state index in [1.165, 1.54) is 12.1 Å². The number of para-hydroxylation sites is 1. The lowest BCUT2D eigenvalue weighted by Gasteiger charge is -2.18. The van der Waals surface area contributed by atoms with Crippen molar-refractivity contribution >= 4 is 5.91 Å². The number of hydrogen-bond donors (Lipinski definition) is 0. The van der Waals surface area contributed by atoms with E-state index in [1.807, 2.05) is 30.3 Å². The van der Waals surface area contributed by atoms with Crippen molar-refractivity contribution in [1.29, 1.82) is 0 Å². The highest BCUT2D eigenvalue weighted by Crippen LogP contribution is 2.22. The molecule has 0 heterocycles. The quantitative estimate of drug-likeness (QED) is 0.605. The number of ether oxygens (including phenoxy) is 2. The van der Waals surface area contributed by atoms with Gasteiger partial charge in [0, 0.05) is 12.6 Å². The van der Waals surface area contributed by atoms with Crippen molar-refractivity contribution in [3.05, 3.63) is 90.2 Å². The molecular weight excluding hydrogens is 345 g/mol. The van der Waals surface area contributed by atoms with Crippen LogP contribution in [0.5, 0.6) is 17.2 Å². The van der Waals surface area contributed by atoms with Crippen molar-refractivity contribution in [3.63, 3.8) is 0 Å². The smallest absolute Gasteiger partial charge is 0.253 e. The molecule has 0 aliphatic heterocycles. The molecule has 0 radical (unpaired) electrons. The second-order valence-electron chi connectivity index (χ2n) is 5.97. The van der Waals surface area contributed by atoms with Gasteiger partial charge in [0.15, 0.2) is 0 Å². The highest BCUT2D eigenvalue weighted by Gasteiger charge is 2.12. The standard InChI is InChI=1S/C22H20FNO3/c1-24(14-15-26-19-12-10-18(23)11-13-19)22(25)17-6-5-9-21(16-17)27-20-7-3-2-4-8-20/h2-13,16H,14-15H2,1H3. The average Bonchev–Trinajstić information content (AvgIpc) is 2.70. The summed E-state index contributed by atoms with van der Waals surface area (Å²) in [7, 11) is 1.71. The van der Waals surface area contributed by atoms with Crippen LogP contribution in [0.25, 0.3) is 0 Å². The largest absolute Gasteiger partial charge is 0.492 e. The Morgan fingerprint density at radius 2 is 1.59 bits per heavy atom. The fourth-order valence-corrected chi connectivity index (χ4v) is 2.47. The molecule has 4 nitrogen and oxygen atoms in total. The van der Waals surface area contributed by atoms with E-state index in [1.54, 1.807) is 48.3 Å². The minimum atomic E-state index is -0.313. The van der Waals surface area contributed by atoms with Crippen molar-refractivity contribution in [3.8, 4) is 17.2 Å². The third kappa shape index (κ3) is 5.31. The molecule has 0 spiro atoms. The lowest BCUT2D eigenvalue weighted by atomic mass is 10.2. The van der Waals surface area contributed by atoms with Gasteiger partial charge in [0.05, 0.1) is 6.54 Å². The summed E-state index contributed by atoms with van der Waals surface area (Å²) in [5.74, 6) is 1.44. The topological polar surface area (TPSA) is 38.8 Å². The van der Waals surface area contributed by atoms with Crippen LogP contribution < -0.4 is 9.47 Å². The summed E-state index contributed by atoms with van der Waals surface area (Å²) in [5, 5.41) is 0. The van der Waals surface area contributed by atoms with Crippen LogP contribution in [0, 0.1) is 5.82 Å². The molecule has 0 atom stereocenters. The molecule has 0 aliphatic rings. The first-order valence-corrected chi connectivity index (χ1v) is 8.58. The maximum atomic E-state index is 12.9. The number of carbonyl (C=O) groups excluding carboxylic acids is 1. The molecule has 0 N–H and O–H groups in total. The average molecular weight is 365 g/mol. The zero-order chi connectivity index (χ0) is 19.1. The van der Waals surface area contributed by atoms with E-state index in [0.717, 1.165) is 0 Å². The van der Waals surface area contributed by atoms with Gasteiger partial charge in [-0.05, 0) is 54.6 Å². The van der Waals surface area contributed by atoms with Gasteiger partial charge in [-0.25, -0.2) is 4.39 Å². The van der Waals surface area contributed by atoms with E-state index in [-0.39, 0.29) is 11.7 Å². The Kier molecular flexibility index (Phi) is 6.05. The van der Waals surface area contributed by atoms with Crippen LogP contribution in [0.3, 0.4) is 0 Å². The van der Waals surface area contributed by atoms with Crippen molar-refractivity contribution in [2.45, 2.75) is 0 Å². The summed E-state index contributed by atoms with van der Waals surface area (Å²) in [6, 6.07) is 22.2. The normalized spacial score (nSPS) is 10.3. The SMILES string of the molecule is CN(CCOc1ccc(F)cc1)C(=O)c1cccc(Oc2ccccc2)c1. The summed E-state index contributed by atoms with van der Waals surface area (Å²) in [5.41, 5.74) is 0.535. The van der Waals surface area contributed by atoms with Crippen LogP contribution in [0.4, 0.5) is 4.39 Å². The maximum absolute atomic E-state index is 12.9. The molecule has 0 saturated heterocycles. The highest BCUT2D eigenvalue weighted by atomic mass is 19.1. The van der Waals surface area contributed by atoms with Crippen LogP contribution in [0.15, 0.2) is 78.9 Å². The molecule has 0 unspecified atom stereocenters. The summed E-state index contributed by atoms with van der Waals surface area (Å²) in [6.07, 6.45) is 0. The van der Waals surface area contributed by atoms with E-state index in [2.05, 4.69) is 0 Å². The van der Waals surface area contributed by atoms with Crippen molar-refractivity contribution in [1.82, 2.24) is 4.90 Å². The van der Waals surface area contributed by atoms with Gasteiger partial charge in [0.2, 0.25) is 0 Å². The molecule has 138 valence electrons. The fourth-order valence-electron chi connectivity index (χ4n) is 2.47. The predicted octanol–water partition coefficient (Wildman–Crippen LogP) is 4.77. The van der Waals surface area contributed by atoms with E-state index >= 15 is 0 Å². The monoisotopic (exact) mass is 365 g/mol. The number of amides is 1. The van der Waals surface area contributed by atoms with E-state index in [9.17, 15) is 9.18 Å². The molecule has 0 saturated carbocycles. The van der Waals surface area contributed by atoms with Crippen molar-refractivity contribution in [2.75, 3.05) is 20.2 Å². The molecule has 0 aromatic heterocycles. The van der Waals surface area contributed by atoms with Gasteiger partial charge in [0.1, 0.15) is 29.7 Å². The Balaban J connectivity index is 1.56. The summed E-state index contributed by atoms with van der Waals surface area (Å²) < 4.78 is 24.2. The summed E-state index contributed by atoms with van der Waals surface area (Å²) >= 11 is 0. The zero-order valence-electron chi connectivity index (χ0n) is 15.0. The number of carbonyl (C=O) groups is 1. The molecule has 27 heavy (non-hydrogen) atoms. The van der Waals surface area contributed by atoms with Crippen LogP contribution in [-0.4, -0.2) is 31.0 Å². The van der Waals surface area contributed by atoms with E-state index < -0.39 is 0 Å². The van der Waals surface area contributed by atoms with Gasteiger partial charge in [-0.3, -0.25) is 4.79 Å². The number of rotatable bonds is 7. The van der Waals surface area contributed by atoms with E-state index in [4.69, 9.17) is 9.47 Å². The van der Waals surface area contributed by atoms with Crippen LogP contribution in [0.1, 0.15) is 10.4 Å². The summed E-state index contributed by atoms with van der Waals surface area (Å²) in [4.78, 5) is 14.2.